The van der Waals surface area contributed by atoms with E-state index in [2.05, 4.69) is 20.6 Å². The second kappa shape index (κ2) is 9.88. The van der Waals surface area contributed by atoms with Crippen LogP contribution in [0.4, 0.5) is 17.2 Å². The third kappa shape index (κ3) is 4.75. The first-order valence-corrected chi connectivity index (χ1v) is 12.8. The average Bonchev–Trinajstić information content (AvgIpc) is 3.25. The van der Waals surface area contributed by atoms with E-state index >= 15 is 0 Å². The van der Waals surface area contributed by atoms with E-state index in [0.29, 0.717) is 22.1 Å². The summed E-state index contributed by atoms with van der Waals surface area (Å²) in [5.74, 6) is -1.28. The minimum Gasteiger partial charge on any atom is -0.505 e. The molecule has 38 heavy (non-hydrogen) atoms. The number of nitrogens with zero attached hydrogens (tertiary/aromatic N) is 4. The van der Waals surface area contributed by atoms with Crippen LogP contribution in [0.2, 0.25) is 0 Å². The van der Waals surface area contributed by atoms with E-state index in [0.717, 1.165) is 0 Å². The zero-order valence-electron chi connectivity index (χ0n) is 20.0. The summed E-state index contributed by atoms with van der Waals surface area (Å²) in [5, 5.41) is 27.5. The number of azo groups is 1. The van der Waals surface area contributed by atoms with Gasteiger partial charge in [0, 0.05) is 11.1 Å². The lowest BCUT2D eigenvalue weighted by Gasteiger charge is -2.11. The van der Waals surface area contributed by atoms with E-state index in [1.165, 1.54) is 17.7 Å². The number of carbonyl (C=O) groups excluding carboxylic acids is 1. The van der Waals surface area contributed by atoms with Gasteiger partial charge in [0.05, 0.1) is 16.9 Å². The zero-order valence-corrected chi connectivity index (χ0v) is 20.8. The molecule has 5 rings (SSSR count). The normalized spacial score (nSPS) is 11.7. The zero-order chi connectivity index (χ0) is 26.9. The summed E-state index contributed by atoms with van der Waals surface area (Å²) in [4.78, 5) is 12.5. The van der Waals surface area contributed by atoms with E-state index in [4.69, 9.17) is 0 Å². The number of anilines is 1. The molecule has 0 radical (unpaired) electrons. The van der Waals surface area contributed by atoms with Gasteiger partial charge in [-0.15, -0.1) is 10.2 Å². The Balaban J connectivity index is 1.68. The maximum absolute atomic E-state index is 13.1. The van der Waals surface area contributed by atoms with E-state index in [-0.39, 0.29) is 22.8 Å². The number of phenols is 1. The molecule has 10 nitrogen and oxygen atoms in total. The number of rotatable bonds is 6. The van der Waals surface area contributed by atoms with Gasteiger partial charge in [0.15, 0.2) is 16.5 Å². The molecular formula is C27H21N5O5S. The van der Waals surface area contributed by atoms with Gasteiger partial charge in [-0.3, -0.25) is 9.35 Å². The number of amides is 1. The molecule has 3 N–H and O–H groups in total. The van der Waals surface area contributed by atoms with Crippen LogP contribution in [-0.4, -0.2) is 33.8 Å². The van der Waals surface area contributed by atoms with Crippen molar-refractivity contribution in [1.29, 1.82) is 0 Å². The Kier molecular flexibility index (Phi) is 6.45. The van der Waals surface area contributed by atoms with Crippen molar-refractivity contribution in [2.24, 2.45) is 10.2 Å². The van der Waals surface area contributed by atoms with E-state index in [1.54, 1.807) is 78.9 Å². The Hall–Kier alpha value is -4.87. The van der Waals surface area contributed by atoms with Gasteiger partial charge >= 0.3 is 0 Å². The molecule has 190 valence electrons. The summed E-state index contributed by atoms with van der Waals surface area (Å²) in [6, 6.07) is 25.8. The molecule has 0 spiro atoms. The standard InChI is InChI=1S/C27H21N5O5S/c1-17-25(38(35,36)37)26(32(31-17)20-13-6-3-7-14-20)30-29-23-21-15-9-8-10-18(21)16-22(24(23)33)27(34)28-19-11-4-2-5-12-19/h2-16,33H,1H3,(H,28,34)(H,35,36,37). The molecule has 0 bridgehead atoms. The summed E-state index contributed by atoms with van der Waals surface area (Å²) >= 11 is 0. The smallest absolute Gasteiger partial charge is 0.300 e. The summed E-state index contributed by atoms with van der Waals surface area (Å²) in [5.41, 5.74) is 0.915. The van der Waals surface area contributed by atoms with Crippen LogP contribution in [0.5, 0.6) is 5.75 Å². The molecule has 0 unspecified atom stereocenters. The number of phenolic OH excluding ortho intramolecular Hbond substituents is 1. The number of hydrogen-bond donors (Lipinski definition) is 3. The molecule has 0 aliphatic carbocycles. The highest BCUT2D eigenvalue weighted by Crippen LogP contribution is 2.40. The van der Waals surface area contributed by atoms with Crippen molar-refractivity contribution in [3.05, 3.63) is 102 Å². The summed E-state index contributed by atoms with van der Waals surface area (Å²) in [6.45, 7) is 1.42. The molecule has 0 atom stereocenters. The highest BCUT2D eigenvalue weighted by Gasteiger charge is 2.27. The van der Waals surface area contributed by atoms with Crippen molar-refractivity contribution >= 4 is 44.0 Å². The van der Waals surface area contributed by atoms with Crippen LogP contribution in [0.1, 0.15) is 16.1 Å². The van der Waals surface area contributed by atoms with Crippen LogP contribution < -0.4 is 5.32 Å². The van der Waals surface area contributed by atoms with Gasteiger partial charge in [-0.2, -0.15) is 13.5 Å². The number of hydrogen-bond acceptors (Lipinski definition) is 7. The fourth-order valence-electron chi connectivity index (χ4n) is 4.05. The predicted molar refractivity (Wildman–Crippen MR) is 142 cm³/mol. The summed E-state index contributed by atoms with van der Waals surface area (Å²) < 4.78 is 35.6. The molecular weight excluding hydrogens is 506 g/mol. The van der Waals surface area contributed by atoms with Crippen LogP contribution in [0.15, 0.2) is 106 Å². The molecule has 0 saturated heterocycles. The first kappa shape index (κ1) is 24.8. The SMILES string of the molecule is Cc1nn(-c2ccccc2)c(N=Nc2c(O)c(C(=O)Nc3ccccc3)cc3ccccc23)c1S(=O)(=O)O. The lowest BCUT2D eigenvalue weighted by molar-refractivity contribution is 0.102. The Morgan fingerprint density at radius 3 is 2.24 bits per heavy atom. The minimum absolute atomic E-state index is 0.00960. The van der Waals surface area contributed by atoms with Crippen LogP contribution in [-0.2, 0) is 10.1 Å². The fourth-order valence-corrected chi connectivity index (χ4v) is 4.82. The van der Waals surface area contributed by atoms with Gasteiger partial charge in [0.2, 0.25) is 0 Å². The van der Waals surface area contributed by atoms with E-state index in [9.17, 15) is 22.9 Å². The first-order valence-electron chi connectivity index (χ1n) is 11.4. The van der Waals surface area contributed by atoms with Gasteiger partial charge in [0.25, 0.3) is 16.0 Å². The van der Waals surface area contributed by atoms with Gasteiger partial charge in [-0.25, -0.2) is 4.68 Å². The molecule has 0 saturated carbocycles. The number of nitrogens with one attached hydrogen (secondary N) is 1. The average molecular weight is 528 g/mol. The van der Waals surface area contributed by atoms with Crippen molar-refractivity contribution in [1.82, 2.24) is 9.78 Å². The van der Waals surface area contributed by atoms with Crippen LogP contribution in [0.25, 0.3) is 16.5 Å². The molecule has 1 amide bonds. The van der Waals surface area contributed by atoms with Crippen molar-refractivity contribution in [3.8, 4) is 11.4 Å². The van der Waals surface area contributed by atoms with Crippen molar-refractivity contribution in [2.75, 3.05) is 5.32 Å². The Morgan fingerprint density at radius 2 is 1.55 bits per heavy atom. The second-order valence-corrected chi connectivity index (χ2v) is 9.68. The third-order valence-electron chi connectivity index (χ3n) is 5.76. The Labute approximate surface area is 217 Å². The molecule has 0 aliphatic heterocycles. The van der Waals surface area contributed by atoms with Crippen molar-refractivity contribution in [3.63, 3.8) is 0 Å². The van der Waals surface area contributed by atoms with Gasteiger partial charge < -0.3 is 10.4 Å². The highest BCUT2D eigenvalue weighted by atomic mass is 32.2. The number of aromatic hydroxyl groups is 1. The van der Waals surface area contributed by atoms with Crippen molar-refractivity contribution in [2.45, 2.75) is 11.8 Å². The first-order chi connectivity index (χ1) is 18.2. The predicted octanol–water partition coefficient (Wildman–Crippen LogP) is 5.95. The van der Waals surface area contributed by atoms with Crippen molar-refractivity contribution < 1.29 is 22.9 Å². The van der Waals surface area contributed by atoms with Crippen LogP contribution in [0, 0.1) is 6.92 Å². The lowest BCUT2D eigenvalue weighted by atomic mass is 10.0. The largest absolute Gasteiger partial charge is 0.505 e. The molecule has 4 aromatic carbocycles. The minimum atomic E-state index is -4.73. The topological polar surface area (TPSA) is 146 Å². The molecule has 11 heteroatoms. The quantitative estimate of drug-likeness (QED) is 0.184. The molecule has 1 heterocycles. The molecule has 1 aromatic heterocycles. The third-order valence-corrected chi connectivity index (χ3v) is 6.75. The second-order valence-electron chi connectivity index (χ2n) is 8.32. The maximum atomic E-state index is 13.1. The summed E-state index contributed by atoms with van der Waals surface area (Å²) in [7, 11) is -4.73. The van der Waals surface area contributed by atoms with Gasteiger partial charge in [-0.05, 0) is 42.6 Å². The Bertz CT molecular complexity index is 1800. The van der Waals surface area contributed by atoms with E-state index in [1.807, 2.05) is 6.07 Å². The highest BCUT2D eigenvalue weighted by molar-refractivity contribution is 7.86. The van der Waals surface area contributed by atoms with Crippen LogP contribution in [0.3, 0.4) is 0 Å². The monoisotopic (exact) mass is 527 g/mol. The number of carbonyl (C=O) groups is 1. The molecule has 5 aromatic rings. The Morgan fingerprint density at radius 1 is 0.921 bits per heavy atom. The van der Waals surface area contributed by atoms with Gasteiger partial charge in [0.1, 0.15) is 5.69 Å². The number of para-hydroxylation sites is 2. The number of fused-ring (bicyclic) bond motifs is 1. The number of benzene rings is 4. The number of aryl methyl sites for hydroxylation is 1. The summed E-state index contributed by atoms with van der Waals surface area (Å²) in [6.07, 6.45) is 0. The van der Waals surface area contributed by atoms with Gasteiger partial charge in [-0.1, -0.05) is 60.7 Å². The van der Waals surface area contributed by atoms with E-state index < -0.39 is 26.7 Å². The maximum Gasteiger partial charge on any atom is 0.300 e. The lowest BCUT2D eigenvalue weighted by Crippen LogP contribution is -2.12. The fraction of sp³-hybridized carbons (Fsp3) is 0.0370. The molecule has 0 aliphatic rings. The van der Waals surface area contributed by atoms with Crippen LogP contribution >= 0.6 is 0 Å². The number of aromatic nitrogens is 2. The molecule has 0 fully saturated rings.